The average Bonchev–Trinajstić information content (AvgIpc) is 3.38. The first-order valence-electron chi connectivity index (χ1n) is 11.8. The van der Waals surface area contributed by atoms with E-state index in [-0.39, 0.29) is 50.1 Å². The fourth-order valence-corrected chi connectivity index (χ4v) is 4.48. The number of aryl methyl sites for hydroxylation is 1. The molecule has 4 rings (SSSR count). The van der Waals surface area contributed by atoms with Gasteiger partial charge in [0.1, 0.15) is 12.3 Å². The minimum absolute atomic E-state index is 0.0145. The Morgan fingerprint density at radius 1 is 1.25 bits per heavy atom. The molecule has 0 bridgehead atoms. The molecule has 1 aliphatic heterocycles. The fraction of sp³-hybridized carbons (Fsp3) is 0.480. The van der Waals surface area contributed by atoms with E-state index in [0.717, 1.165) is 11.1 Å². The topological polar surface area (TPSA) is 102 Å². The van der Waals surface area contributed by atoms with E-state index < -0.39 is 11.8 Å². The molecule has 0 unspecified atom stereocenters. The molecule has 0 aromatic carbocycles. The number of amides is 1. The fourth-order valence-electron chi connectivity index (χ4n) is 4.48. The number of carbonyl (C=O) groups is 2. The van der Waals surface area contributed by atoms with Gasteiger partial charge in [0.15, 0.2) is 5.78 Å². The van der Waals surface area contributed by atoms with E-state index in [4.69, 9.17) is 4.74 Å². The van der Waals surface area contributed by atoms with Crippen LogP contribution in [0.3, 0.4) is 0 Å². The van der Waals surface area contributed by atoms with E-state index >= 15 is 0 Å². The molecule has 3 heterocycles. The number of Topliss-reactive ketones (excluding diaryl/α,β-unsaturated/α-hetero) is 1. The summed E-state index contributed by atoms with van der Waals surface area (Å²) in [5.41, 5.74) is 4.15. The number of hydrogen-bond acceptors (Lipinski definition) is 7. The van der Waals surface area contributed by atoms with E-state index in [0.29, 0.717) is 35.5 Å². The Morgan fingerprint density at radius 2 is 2.03 bits per heavy atom. The molecule has 11 heteroatoms. The molecule has 9 nitrogen and oxygen atoms in total. The summed E-state index contributed by atoms with van der Waals surface area (Å²) in [6.07, 6.45) is 3.73. The molecular weight excluding hydrogens is 470 g/mol. The number of halogens is 2. The van der Waals surface area contributed by atoms with Crippen LogP contribution in [-0.4, -0.2) is 75.0 Å². The molecular formula is C25H30F2N6O3. The number of likely N-dealkylation sites (tertiary alicyclic amines) is 1. The number of allylic oxidation sites excluding steroid dienone is 3. The first-order chi connectivity index (χ1) is 17.0. The van der Waals surface area contributed by atoms with E-state index in [1.807, 2.05) is 19.9 Å². The molecule has 1 fully saturated rings. The molecule has 192 valence electrons. The Balaban J connectivity index is 1.54. The van der Waals surface area contributed by atoms with Crippen molar-refractivity contribution in [2.75, 3.05) is 32.8 Å². The van der Waals surface area contributed by atoms with Gasteiger partial charge in [-0.1, -0.05) is 11.6 Å². The number of carbonyl (C=O) groups excluding carboxylic acids is 2. The van der Waals surface area contributed by atoms with Crippen LogP contribution in [0.1, 0.15) is 42.7 Å². The second-order valence-electron chi connectivity index (χ2n) is 9.33. The molecule has 1 saturated heterocycles. The maximum atomic E-state index is 13.5. The van der Waals surface area contributed by atoms with Crippen LogP contribution in [0.25, 0.3) is 11.4 Å². The van der Waals surface area contributed by atoms with E-state index in [1.54, 1.807) is 35.8 Å². The highest BCUT2D eigenvalue weighted by molar-refractivity contribution is 6.01. The van der Waals surface area contributed by atoms with Crippen molar-refractivity contribution in [3.05, 3.63) is 46.3 Å². The van der Waals surface area contributed by atoms with Crippen LogP contribution in [-0.2, 0) is 11.8 Å². The van der Waals surface area contributed by atoms with Crippen molar-refractivity contribution in [2.45, 2.75) is 39.5 Å². The minimum Gasteiger partial charge on any atom is -0.462 e. The number of nitrogens with one attached hydrogen (secondary N) is 1. The molecule has 2 aromatic rings. The van der Waals surface area contributed by atoms with Gasteiger partial charge in [-0.2, -0.15) is 15.1 Å². The summed E-state index contributed by atoms with van der Waals surface area (Å²) in [6.45, 7) is 5.93. The van der Waals surface area contributed by atoms with Crippen LogP contribution in [0.4, 0.5) is 8.78 Å². The lowest BCUT2D eigenvalue weighted by Crippen LogP contribution is -2.31. The molecule has 0 saturated carbocycles. The zero-order valence-corrected chi connectivity index (χ0v) is 20.9. The Hall–Kier alpha value is -3.47. The van der Waals surface area contributed by atoms with Crippen LogP contribution >= 0.6 is 0 Å². The lowest BCUT2D eigenvalue weighted by Gasteiger charge is -2.18. The van der Waals surface area contributed by atoms with Crippen LogP contribution in [0, 0.1) is 6.92 Å². The predicted octanol–water partition coefficient (Wildman–Crippen LogP) is 2.87. The predicted molar refractivity (Wildman–Crippen MR) is 129 cm³/mol. The molecule has 2 aromatic heterocycles. The Kier molecular flexibility index (Phi) is 7.30. The highest BCUT2D eigenvalue weighted by Gasteiger charge is 2.37. The number of nitrogens with zero attached hydrogens (tertiary/aromatic N) is 5. The monoisotopic (exact) mass is 500 g/mol. The van der Waals surface area contributed by atoms with Gasteiger partial charge in [0.05, 0.1) is 17.9 Å². The molecule has 2 aliphatic rings. The van der Waals surface area contributed by atoms with Crippen molar-refractivity contribution in [1.82, 2.24) is 30.0 Å². The van der Waals surface area contributed by atoms with Gasteiger partial charge < -0.3 is 10.1 Å². The number of ether oxygens (including phenoxy) is 1. The first kappa shape index (κ1) is 25.6. The third kappa shape index (κ3) is 5.67. The summed E-state index contributed by atoms with van der Waals surface area (Å²) in [5.74, 6) is -3.17. The van der Waals surface area contributed by atoms with Crippen molar-refractivity contribution in [3.8, 4) is 17.4 Å². The van der Waals surface area contributed by atoms with Crippen molar-refractivity contribution in [2.24, 2.45) is 7.05 Å². The van der Waals surface area contributed by atoms with Gasteiger partial charge in [-0.3, -0.25) is 19.2 Å². The highest BCUT2D eigenvalue weighted by Crippen LogP contribution is 2.27. The molecule has 1 N–H and O–H groups in total. The third-order valence-corrected chi connectivity index (χ3v) is 6.43. The van der Waals surface area contributed by atoms with Crippen molar-refractivity contribution in [1.29, 1.82) is 0 Å². The lowest BCUT2D eigenvalue weighted by atomic mass is 9.92. The summed E-state index contributed by atoms with van der Waals surface area (Å²) in [5, 5.41) is 6.98. The lowest BCUT2D eigenvalue weighted by molar-refractivity contribution is -0.115. The van der Waals surface area contributed by atoms with Gasteiger partial charge in [-0.05, 0) is 32.4 Å². The summed E-state index contributed by atoms with van der Waals surface area (Å²) in [4.78, 5) is 36.1. The summed E-state index contributed by atoms with van der Waals surface area (Å²) in [7, 11) is 1.75. The summed E-state index contributed by atoms with van der Waals surface area (Å²) < 4.78 is 34.3. The SMILES string of the molecule is CC1=CC(C)=C(CNC(=O)c2nc(OCCN3CCC(F)(F)C3)nc(-c3ccnn3C)c2C)C(=O)C1. The van der Waals surface area contributed by atoms with Crippen molar-refractivity contribution < 1.29 is 23.1 Å². The van der Waals surface area contributed by atoms with Gasteiger partial charge in [0.25, 0.3) is 11.8 Å². The molecule has 1 amide bonds. The average molecular weight is 501 g/mol. The Bertz CT molecular complexity index is 1250. The number of aromatic nitrogens is 4. The third-order valence-electron chi connectivity index (χ3n) is 6.43. The first-order valence-corrected chi connectivity index (χ1v) is 11.8. The largest absolute Gasteiger partial charge is 0.462 e. The minimum atomic E-state index is -2.68. The zero-order valence-electron chi connectivity index (χ0n) is 20.9. The standard InChI is InChI=1S/C25H30F2N6O3/c1-15-11-16(2)18(20(34)12-15)13-28-23(35)22-17(3)21(19-5-7-29-32(19)4)30-24(31-22)36-10-9-33-8-6-25(26,27)14-33/h5,7,11H,6,8-10,12-14H2,1-4H3,(H,28,35). The maximum Gasteiger partial charge on any atom is 0.317 e. The second kappa shape index (κ2) is 10.3. The quantitative estimate of drug-likeness (QED) is 0.595. The summed E-state index contributed by atoms with van der Waals surface area (Å²) in [6, 6.07) is 1.73. The van der Waals surface area contributed by atoms with Crippen LogP contribution in [0.15, 0.2) is 35.1 Å². The number of alkyl halides is 2. The number of ketones is 1. The van der Waals surface area contributed by atoms with Crippen LogP contribution in [0.2, 0.25) is 0 Å². The van der Waals surface area contributed by atoms with E-state index in [2.05, 4.69) is 20.4 Å². The summed E-state index contributed by atoms with van der Waals surface area (Å²) >= 11 is 0. The highest BCUT2D eigenvalue weighted by atomic mass is 19.3. The molecule has 1 aliphatic carbocycles. The van der Waals surface area contributed by atoms with Crippen molar-refractivity contribution in [3.63, 3.8) is 0 Å². The number of rotatable bonds is 8. The molecule has 0 radical (unpaired) electrons. The van der Waals surface area contributed by atoms with Gasteiger partial charge in [0, 0.05) is 56.9 Å². The Morgan fingerprint density at radius 3 is 2.67 bits per heavy atom. The van der Waals surface area contributed by atoms with Crippen molar-refractivity contribution >= 4 is 11.7 Å². The maximum absolute atomic E-state index is 13.5. The molecule has 36 heavy (non-hydrogen) atoms. The van der Waals surface area contributed by atoms with Gasteiger partial charge in [0.2, 0.25) is 0 Å². The molecule has 0 atom stereocenters. The Labute approximate surface area is 208 Å². The van der Waals surface area contributed by atoms with E-state index in [9.17, 15) is 18.4 Å². The van der Waals surface area contributed by atoms with Gasteiger partial charge in [-0.15, -0.1) is 0 Å². The van der Waals surface area contributed by atoms with E-state index in [1.165, 1.54) is 0 Å². The smallest absolute Gasteiger partial charge is 0.317 e. The molecule has 0 spiro atoms. The normalized spacial score (nSPS) is 17.9. The van der Waals surface area contributed by atoms with Crippen LogP contribution < -0.4 is 10.1 Å². The van der Waals surface area contributed by atoms with Crippen LogP contribution in [0.5, 0.6) is 6.01 Å². The zero-order chi connectivity index (χ0) is 26.0. The number of hydrogen-bond donors (Lipinski definition) is 1. The van der Waals surface area contributed by atoms with Gasteiger partial charge >= 0.3 is 6.01 Å². The second-order valence-corrected chi connectivity index (χ2v) is 9.33. The van der Waals surface area contributed by atoms with Gasteiger partial charge in [-0.25, -0.2) is 8.78 Å².